The zero-order valence-electron chi connectivity index (χ0n) is 11.0. The fraction of sp³-hybridized carbons (Fsp3) is 0.500. The molecule has 2 rings (SSSR count). The zero-order chi connectivity index (χ0) is 15.0. The van der Waals surface area contributed by atoms with Crippen LogP contribution in [0.15, 0.2) is 29.2 Å². The molecule has 0 aliphatic carbocycles. The Balaban J connectivity index is 2.35. The van der Waals surface area contributed by atoms with Crippen molar-refractivity contribution in [3.05, 3.63) is 29.8 Å². The number of benzene rings is 1. The van der Waals surface area contributed by atoms with Crippen molar-refractivity contribution in [2.24, 2.45) is 0 Å². The van der Waals surface area contributed by atoms with E-state index >= 15 is 0 Å². The standard InChI is InChI=1S/C12H16ClNO4S2/c1-10-9-19(15,16)6-5-14(10)20(17,18)12-4-2-3-11(7-12)8-13/h2-4,7,10H,5-6,8-9H2,1H3. The molecule has 20 heavy (non-hydrogen) atoms. The third kappa shape index (κ3) is 3.16. The topological polar surface area (TPSA) is 71.5 Å². The maximum Gasteiger partial charge on any atom is 0.243 e. The normalized spacial score (nSPS) is 23.6. The number of halogens is 1. The van der Waals surface area contributed by atoms with Crippen LogP contribution in [0.1, 0.15) is 12.5 Å². The predicted molar refractivity (Wildman–Crippen MR) is 78.0 cm³/mol. The van der Waals surface area contributed by atoms with Crippen LogP contribution >= 0.6 is 11.6 Å². The minimum absolute atomic E-state index is 0.00304. The molecule has 1 aliphatic rings. The Kier molecular flexibility index (Phi) is 4.44. The van der Waals surface area contributed by atoms with E-state index in [0.29, 0.717) is 5.56 Å². The molecular formula is C12H16ClNO4S2. The monoisotopic (exact) mass is 337 g/mol. The summed E-state index contributed by atoms with van der Waals surface area (Å²) in [4.78, 5) is 0.154. The molecule has 0 N–H and O–H groups in total. The molecule has 0 spiro atoms. The molecule has 0 bridgehead atoms. The minimum Gasteiger partial charge on any atom is -0.229 e. The number of hydrogen-bond acceptors (Lipinski definition) is 4. The van der Waals surface area contributed by atoms with Gasteiger partial charge in [-0.3, -0.25) is 0 Å². The quantitative estimate of drug-likeness (QED) is 0.778. The lowest BCUT2D eigenvalue weighted by Crippen LogP contribution is -2.49. The van der Waals surface area contributed by atoms with Crippen molar-refractivity contribution >= 4 is 31.5 Å². The van der Waals surface area contributed by atoms with Crippen molar-refractivity contribution in [2.45, 2.75) is 23.7 Å². The van der Waals surface area contributed by atoms with Crippen LogP contribution in [0, 0.1) is 0 Å². The van der Waals surface area contributed by atoms with Crippen LogP contribution in [0.3, 0.4) is 0 Å². The van der Waals surface area contributed by atoms with E-state index in [4.69, 9.17) is 11.6 Å². The van der Waals surface area contributed by atoms with Gasteiger partial charge in [-0.1, -0.05) is 12.1 Å². The lowest BCUT2D eigenvalue weighted by atomic mass is 10.2. The molecule has 0 radical (unpaired) electrons. The summed E-state index contributed by atoms with van der Waals surface area (Å²) in [5.74, 6) is -0.0412. The fourth-order valence-corrected chi connectivity index (χ4v) is 5.90. The Morgan fingerprint density at radius 3 is 2.70 bits per heavy atom. The van der Waals surface area contributed by atoms with Crippen LogP contribution in [-0.4, -0.2) is 45.2 Å². The second-order valence-corrected chi connectivity index (χ2v) is 9.25. The molecule has 1 atom stereocenters. The molecule has 1 heterocycles. The van der Waals surface area contributed by atoms with Gasteiger partial charge >= 0.3 is 0 Å². The van der Waals surface area contributed by atoms with E-state index in [9.17, 15) is 16.8 Å². The summed E-state index contributed by atoms with van der Waals surface area (Å²) in [6.07, 6.45) is 0. The van der Waals surface area contributed by atoms with Gasteiger partial charge in [0.15, 0.2) is 9.84 Å². The van der Waals surface area contributed by atoms with Gasteiger partial charge in [0.05, 0.1) is 16.4 Å². The molecule has 0 amide bonds. The van der Waals surface area contributed by atoms with Gasteiger partial charge in [0.1, 0.15) is 0 Å². The van der Waals surface area contributed by atoms with Gasteiger partial charge < -0.3 is 0 Å². The van der Waals surface area contributed by atoms with Gasteiger partial charge in [0.2, 0.25) is 10.0 Å². The molecule has 1 aromatic rings. The zero-order valence-corrected chi connectivity index (χ0v) is 13.4. The maximum atomic E-state index is 12.6. The van der Waals surface area contributed by atoms with Crippen LogP contribution in [0.5, 0.6) is 0 Å². The van der Waals surface area contributed by atoms with E-state index in [1.165, 1.54) is 16.4 Å². The first kappa shape index (κ1) is 15.8. The van der Waals surface area contributed by atoms with E-state index in [0.717, 1.165) is 0 Å². The van der Waals surface area contributed by atoms with Crippen molar-refractivity contribution in [2.75, 3.05) is 18.1 Å². The van der Waals surface area contributed by atoms with E-state index < -0.39 is 25.9 Å². The highest BCUT2D eigenvalue weighted by molar-refractivity contribution is 7.92. The second kappa shape index (κ2) is 5.63. The van der Waals surface area contributed by atoms with Gasteiger partial charge in [0.25, 0.3) is 0 Å². The van der Waals surface area contributed by atoms with Crippen molar-refractivity contribution in [3.63, 3.8) is 0 Å². The highest BCUT2D eigenvalue weighted by atomic mass is 35.5. The van der Waals surface area contributed by atoms with Crippen molar-refractivity contribution in [3.8, 4) is 0 Å². The molecule has 0 saturated carbocycles. The van der Waals surface area contributed by atoms with Crippen molar-refractivity contribution in [1.82, 2.24) is 4.31 Å². The lowest BCUT2D eigenvalue weighted by Gasteiger charge is -2.32. The average Bonchev–Trinajstić information content (AvgIpc) is 2.37. The smallest absolute Gasteiger partial charge is 0.229 e. The number of sulfone groups is 1. The Morgan fingerprint density at radius 2 is 2.10 bits per heavy atom. The van der Waals surface area contributed by atoms with E-state index in [2.05, 4.69) is 0 Å². The average molecular weight is 338 g/mol. The minimum atomic E-state index is -3.68. The Labute approximate surface area is 124 Å². The lowest BCUT2D eigenvalue weighted by molar-refractivity contribution is 0.357. The third-order valence-corrected chi connectivity index (χ3v) is 7.38. The largest absolute Gasteiger partial charge is 0.243 e. The van der Waals surface area contributed by atoms with Gasteiger partial charge in [0, 0.05) is 18.5 Å². The number of nitrogens with zero attached hydrogens (tertiary/aromatic N) is 1. The summed E-state index contributed by atoms with van der Waals surface area (Å²) in [6, 6.07) is 5.85. The molecule has 1 aliphatic heterocycles. The van der Waals surface area contributed by atoms with Crippen molar-refractivity contribution < 1.29 is 16.8 Å². The van der Waals surface area contributed by atoms with Gasteiger partial charge in [-0.2, -0.15) is 4.31 Å². The predicted octanol–water partition coefficient (Wildman–Crippen LogP) is 1.23. The molecular weight excluding hydrogens is 322 g/mol. The summed E-state index contributed by atoms with van der Waals surface area (Å²) in [6.45, 7) is 1.61. The molecule has 1 saturated heterocycles. The summed E-state index contributed by atoms with van der Waals surface area (Å²) in [5.41, 5.74) is 0.713. The maximum absolute atomic E-state index is 12.6. The Hall–Kier alpha value is -0.630. The summed E-state index contributed by atoms with van der Waals surface area (Å²) >= 11 is 5.71. The Bertz CT molecular complexity index is 700. The molecule has 1 aromatic carbocycles. The van der Waals surface area contributed by atoms with Crippen LogP contribution in [0.4, 0.5) is 0 Å². The van der Waals surface area contributed by atoms with Crippen LogP contribution < -0.4 is 0 Å². The first-order valence-electron chi connectivity index (χ1n) is 6.13. The van der Waals surface area contributed by atoms with Crippen LogP contribution in [0.2, 0.25) is 0 Å². The molecule has 8 heteroatoms. The van der Waals surface area contributed by atoms with E-state index in [1.807, 2.05) is 0 Å². The summed E-state index contributed by atoms with van der Waals surface area (Å²) in [7, 11) is -6.83. The highest BCUT2D eigenvalue weighted by Crippen LogP contribution is 2.23. The first-order chi connectivity index (χ1) is 9.26. The number of alkyl halides is 1. The first-order valence-corrected chi connectivity index (χ1v) is 9.93. The van der Waals surface area contributed by atoms with Gasteiger partial charge in [-0.15, -0.1) is 11.6 Å². The second-order valence-electron chi connectivity index (χ2n) is 4.86. The van der Waals surface area contributed by atoms with E-state index in [1.54, 1.807) is 19.1 Å². The van der Waals surface area contributed by atoms with Gasteiger partial charge in [-0.05, 0) is 24.6 Å². The summed E-state index contributed by atoms with van der Waals surface area (Å²) in [5, 5.41) is 0. The molecule has 1 fully saturated rings. The Morgan fingerprint density at radius 1 is 1.40 bits per heavy atom. The molecule has 112 valence electrons. The molecule has 1 unspecified atom stereocenters. The number of hydrogen-bond donors (Lipinski definition) is 0. The molecule has 0 aromatic heterocycles. The highest BCUT2D eigenvalue weighted by Gasteiger charge is 2.36. The van der Waals surface area contributed by atoms with Crippen LogP contribution in [-0.2, 0) is 25.7 Å². The fourth-order valence-electron chi connectivity index (χ4n) is 2.26. The van der Waals surface area contributed by atoms with E-state index in [-0.39, 0.29) is 28.8 Å². The SMILES string of the molecule is CC1CS(=O)(=O)CCN1S(=O)(=O)c1cccc(CCl)c1. The summed E-state index contributed by atoms with van der Waals surface area (Å²) < 4.78 is 49.4. The van der Waals surface area contributed by atoms with Crippen LogP contribution in [0.25, 0.3) is 0 Å². The van der Waals surface area contributed by atoms with Gasteiger partial charge in [-0.25, -0.2) is 16.8 Å². The molecule has 5 nitrogen and oxygen atoms in total. The number of sulfonamides is 1. The number of rotatable bonds is 3. The third-order valence-electron chi connectivity index (χ3n) is 3.27. The van der Waals surface area contributed by atoms with Crippen molar-refractivity contribution in [1.29, 1.82) is 0 Å².